The van der Waals surface area contributed by atoms with Gasteiger partial charge in [-0.3, -0.25) is 0 Å². The van der Waals surface area contributed by atoms with Gasteiger partial charge >= 0.3 is 0 Å². The van der Waals surface area contributed by atoms with Gasteiger partial charge in [-0.2, -0.15) is 0 Å². The van der Waals surface area contributed by atoms with Crippen molar-refractivity contribution in [3.05, 3.63) is 0 Å². The van der Waals surface area contributed by atoms with Gasteiger partial charge in [-0.25, -0.2) is 4.99 Å². The molecule has 0 aromatic carbocycles. The van der Waals surface area contributed by atoms with Crippen LogP contribution in [0.25, 0.3) is 0 Å². The minimum Gasteiger partial charge on any atom is -0.376 e. The van der Waals surface area contributed by atoms with Crippen LogP contribution < -0.4 is 5.73 Å². The maximum atomic E-state index is 6.19. The second-order valence-electron chi connectivity index (χ2n) is 5.86. The second kappa shape index (κ2) is 7.73. The molecular weight excluding hydrogens is 238 g/mol. The fraction of sp³-hybridized carbons (Fsp3) is 0.933. The van der Waals surface area contributed by atoms with Gasteiger partial charge in [0, 0.05) is 19.7 Å². The highest BCUT2D eigenvalue weighted by molar-refractivity contribution is 5.78. The molecule has 1 unspecified atom stereocenters. The molecule has 1 saturated carbocycles. The number of nitrogens with zero attached hydrogens (tertiary/aromatic N) is 2. The molecule has 1 aliphatic heterocycles. The van der Waals surface area contributed by atoms with Crippen LogP contribution in [0.3, 0.4) is 0 Å². The lowest BCUT2D eigenvalue weighted by atomic mass is 9.96. The van der Waals surface area contributed by atoms with Crippen molar-refractivity contribution >= 4 is 5.96 Å². The summed E-state index contributed by atoms with van der Waals surface area (Å²) in [6.45, 7) is 4.97. The Bertz CT molecular complexity index is 287. The topological polar surface area (TPSA) is 50.9 Å². The fourth-order valence-electron chi connectivity index (χ4n) is 3.05. The van der Waals surface area contributed by atoms with Gasteiger partial charge in [-0.1, -0.05) is 26.2 Å². The molecule has 0 bridgehead atoms. The first kappa shape index (κ1) is 14.6. The number of hydrogen-bond donors (Lipinski definition) is 1. The van der Waals surface area contributed by atoms with Crippen molar-refractivity contribution in [2.45, 2.75) is 70.4 Å². The third kappa shape index (κ3) is 4.68. The molecule has 2 aliphatic rings. The highest BCUT2D eigenvalue weighted by Gasteiger charge is 2.22. The lowest BCUT2D eigenvalue weighted by molar-refractivity contribution is 0.0162. The minimum absolute atomic E-state index is 0.341. The Hall–Kier alpha value is -0.770. The van der Waals surface area contributed by atoms with E-state index in [1.807, 2.05) is 0 Å². The van der Waals surface area contributed by atoms with Crippen molar-refractivity contribution in [2.24, 2.45) is 10.7 Å². The van der Waals surface area contributed by atoms with E-state index >= 15 is 0 Å². The third-order valence-corrected chi connectivity index (χ3v) is 4.15. The Kier molecular flexibility index (Phi) is 5.95. The van der Waals surface area contributed by atoms with Crippen LogP contribution in [0.15, 0.2) is 4.99 Å². The van der Waals surface area contributed by atoms with Crippen LogP contribution in [0.2, 0.25) is 0 Å². The predicted molar refractivity (Wildman–Crippen MR) is 79.3 cm³/mol. The Morgan fingerprint density at radius 3 is 2.74 bits per heavy atom. The monoisotopic (exact) mass is 267 g/mol. The Morgan fingerprint density at radius 2 is 2.00 bits per heavy atom. The number of likely N-dealkylation sites (tertiary alicyclic amines) is 1. The number of hydrogen-bond acceptors (Lipinski definition) is 2. The quantitative estimate of drug-likeness (QED) is 0.629. The molecular formula is C15H29N3O. The molecule has 2 fully saturated rings. The number of piperidine rings is 1. The van der Waals surface area contributed by atoms with Crippen LogP contribution in [0.4, 0.5) is 0 Å². The third-order valence-electron chi connectivity index (χ3n) is 4.15. The van der Waals surface area contributed by atoms with Crippen LogP contribution in [0, 0.1) is 0 Å². The van der Waals surface area contributed by atoms with Crippen LogP contribution in [-0.2, 0) is 4.74 Å². The van der Waals surface area contributed by atoms with E-state index < -0.39 is 0 Å². The first-order chi connectivity index (χ1) is 9.29. The average molecular weight is 267 g/mol. The van der Waals surface area contributed by atoms with Gasteiger partial charge in [-0.15, -0.1) is 0 Å². The van der Waals surface area contributed by atoms with E-state index in [0.29, 0.717) is 12.1 Å². The molecule has 1 saturated heterocycles. The normalized spacial score (nSPS) is 26.7. The van der Waals surface area contributed by atoms with E-state index in [2.05, 4.69) is 11.8 Å². The van der Waals surface area contributed by atoms with Gasteiger partial charge in [0.1, 0.15) is 0 Å². The first-order valence-electron chi connectivity index (χ1n) is 7.99. The number of ether oxygens (including phenoxy) is 1. The lowest BCUT2D eigenvalue weighted by Crippen LogP contribution is -2.47. The molecule has 0 spiro atoms. The van der Waals surface area contributed by atoms with E-state index in [0.717, 1.165) is 44.9 Å². The molecule has 0 amide bonds. The van der Waals surface area contributed by atoms with Crippen molar-refractivity contribution in [3.8, 4) is 0 Å². The molecule has 1 aliphatic carbocycles. The molecule has 0 aromatic rings. The molecule has 0 aromatic heterocycles. The van der Waals surface area contributed by atoms with Gasteiger partial charge in [0.25, 0.3) is 0 Å². The zero-order valence-electron chi connectivity index (χ0n) is 12.3. The lowest BCUT2D eigenvalue weighted by Gasteiger charge is -2.34. The zero-order valence-corrected chi connectivity index (χ0v) is 12.3. The zero-order chi connectivity index (χ0) is 13.5. The SMILES string of the molecule is CCCOC1CCCN(C(N)=NC2CCCCC2)C1. The van der Waals surface area contributed by atoms with Crippen molar-refractivity contribution in [1.29, 1.82) is 0 Å². The van der Waals surface area contributed by atoms with Gasteiger partial charge < -0.3 is 15.4 Å². The van der Waals surface area contributed by atoms with Crippen molar-refractivity contribution in [3.63, 3.8) is 0 Å². The average Bonchev–Trinajstić information content (AvgIpc) is 2.46. The molecule has 19 heavy (non-hydrogen) atoms. The molecule has 110 valence electrons. The summed E-state index contributed by atoms with van der Waals surface area (Å²) in [7, 11) is 0. The standard InChI is InChI=1S/C15H29N3O/c1-2-11-19-14-9-6-10-18(12-14)15(16)17-13-7-4-3-5-8-13/h13-14H,2-12H2,1H3,(H2,16,17). The number of aliphatic imine (C=N–C) groups is 1. The summed E-state index contributed by atoms with van der Waals surface area (Å²) in [5.74, 6) is 0.747. The Morgan fingerprint density at radius 1 is 1.21 bits per heavy atom. The minimum atomic E-state index is 0.341. The van der Waals surface area contributed by atoms with Crippen LogP contribution in [0.5, 0.6) is 0 Å². The number of guanidine groups is 1. The fourth-order valence-corrected chi connectivity index (χ4v) is 3.05. The summed E-state index contributed by atoms with van der Waals surface area (Å²) in [6.07, 6.45) is 10.2. The number of rotatable bonds is 4. The highest BCUT2D eigenvalue weighted by atomic mass is 16.5. The molecule has 1 heterocycles. The van der Waals surface area contributed by atoms with E-state index in [9.17, 15) is 0 Å². The summed E-state index contributed by atoms with van der Waals surface area (Å²) in [5.41, 5.74) is 6.19. The Balaban J connectivity index is 1.83. The first-order valence-corrected chi connectivity index (χ1v) is 7.99. The second-order valence-corrected chi connectivity index (χ2v) is 5.86. The molecule has 0 radical (unpaired) electrons. The summed E-state index contributed by atoms with van der Waals surface area (Å²) >= 11 is 0. The highest BCUT2D eigenvalue weighted by Crippen LogP contribution is 2.21. The molecule has 2 N–H and O–H groups in total. The van der Waals surface area contributed by atoms with Gasteiger partial charge in [-0.05, 0) is 32.1 Å². The van der Waals surface area contributed by atoms with Crippen LogP contribution in [0.1, 0.15) is 58.3 Å². The molecule has 1 atom stereocenters. The van der Waals surface area contributed by atoms with E-state index in [4.69, 9.17) is 15.5 Å². The summed E-state index contributed by atoms with van der Waals surface area (Å²) in [5, 5.41) is 0. The van der Waals surface area contributed by atoms with Crippen molar-refractivity contribution in [1.82, 2.24) is 4.90 Å². The van der Waals surface area contributed by atoms with E-state index in [1.54, 1.807) is 0 Å². The molecule has 2 rings (SSSR count). The summed E-state index contributed by atoms with van der Waals surface area (Å²) < 4.78 is 5.85. The number of nitrogens with two attached hydrogens (primary N) is 1. The molecule has 4 nitrogen and oxygen atoms in total. The van der Waals surface area contributed by atoms with E-state index in [1.165, 1.54) is 32.1 Å². The van der Waals surface area contributed by atoms with Gasteiger partial charge in [0.2, 0.25) is 0 Å². The van der Waals surface area contributed by atoms with E-state index in [-0.39, 0.29) is 0 Å². The van der Waals surface area contributed by atoms with Crippen molar-refractivity contribution < 1.29 is 4.74 Å². The predicted octanol–water partition coefficient (Wildman–Crippen LogP) is 2.52. The van der Waals surface area contributed by atoms with Crippen molar-refractivity contribution in [2.75, 3.05) is 19.7 Å². The van der Waals surface area contributed by atoms with Gasteiger partial charge in [0.05, 0.1) is 12.1 Å². The largest absolute Gasteiger partial charge is 0.376 e. The smallest absolute Gasteiger partial charge is 0.191 e. The summed E-state index contributed by atoms with van der Waals surface area (Å²) in [4.78, 5) is 6.96. The van der Waals surface area contributed by atoms with Crippen LogP contribution >= 0.6 is 0 Å². The molecule has 4 heteroatoms. The maximum absolute atomic E-state index is 6.19. The Labute approximate surface area is 117 Å². The maximum Gasteiger partial charge on any atom is 0.191 e. The summed E-state index contributed by atoms with van der Waals surface area (Å²) in [6, 6.07) is 0.464. The van der Waals surface area contributed by atoms with Gasteiger partial charge in [0.15, 0.2) is 5.96 Å². The van der Waals surface area contributed by atoms with Crippen LogP contribution in [-0.4, -0.2) is 42.7 Å².